The summed E-state index contributed by atoms with van der Waals surface area (Å²) in [7, 11) is 0. The van der Waals surface area contributed by atoms with Gasteiger partial charge in [0.05, 0.1) is 11.5 Å². The summed E-state index contributed by atoms with van der Waals surface area (Å²) in [6.07, 6.45) is 0. The standard InChI is InChI=1S/C19H10Cl2N2O3/c20-10-3-4-11(13(21)7-10)16-12(8-22)19(23)25-14-5-1-9-2-6-15(24)26-18(9)17(14)16/h1-7,16H,23H2/t16-/m0/s1. The van der Waals surface area contributed by atoms with E-state index in [-0.39, 0.29) is 11.5 Å². The molecule has 2 N–H and O–H groups in total. The summed E-state index contributed by atoms with van der Waals surface area (Å²) in [4.78, 5) is 11.8. The quantitative estimate of drug-likeness (QED) is 0.631. The van der Waals surface area contributed by atoms with Crippen molar-refractivity contribution in [3.63, 3.8) is 0 Å². The first-order valence-electron chi connectivity index (χ1n) is 7.59. The monoisotopic (exact) mass is 384 g/mol. The number of nitrogens with two attached hydrogens (primary N) is 1. The van der Waals surface area contributed by atoms with Crippen molar-refractivity contribution in [3.8, 4) is 11.8 Å². The van der Waals surface area contributed by atoms with Crippen LogP contribution < -0.4 is 16.1 Å². The van der Waals surface area contributed by atoms with Crippen LogP contribution >= 0.6 is 23.2 Å². The second kappa shape index (κ2) is 6.10. The lowest BCUT2D eigenvalue weighted by Gasteiger charge is -2.27. The second-order valence-corrected chi connectivity index (χ2v) is 6.58. The third-order valence-electron chi connectivity index (χ3n) is 4.24. The molecule has 0 radical (unpaired) electrons. The average Bonchev–Trinajstić information content (AvgIpc) is 2.60. The summed E-state index contributed by atoms with van der Waals surface area (Å²) < 4.78 is 11.0. The summed E-state index contributed by atoms with van der Waals surface area (Å²) in [5.74, 6) is -0.268. The third-order valence-corrected chi connectivity index (χ3v) is 4.81. The van der Waals surface area contributed by atoms with Gasteiger partial charge in [0.25, 0.3) is 0 Å². The Kier molecular flexibility index (Phi) is 3.87. The fourth-order valence-corrected chi connectivity index (χ4v) is 3.64. The van der Waals surface area contributed by atoms with Crippen molar-refractivity contribution in [3.05, 3.63) is 85.5 Å². The van der Waals surface area contributed by atoms with E-state index in [2.05, 4.69) is 6.07 Å². The van der Waals surface area contributed by atoms with E-state index in [1.54, 1.807) is 36.4 Å². The van der Waals surface area contributed by atoms with Gasteiger partial charge in [-0.15, -0.1) is 0 Å². The number of hydrogen-bond acceptors (Lipinski definition) is 5. The van der Waals surface area contributed by atoms with Crippen molar-refractivity contribution in [2.75, 3.05) is 0 Å². The van der Waals surface area contributed by atoms with Gasteiger partial charge in [0, 0.05) is 21.5 Å². The van der Waals surface area contributed by atoms with Gasteiger partial charge in [-0.3, -0.25) is 0 Å². The summed E-state index contributed by atoms with van der Waals surface area (Å²) in [5, 5.41) is 11.2. The highest BCUT2D eigenvalue weighted by Crippen LogP contribution is 2.47. The van der Waals surface area contributed by atoms with Gasteiger partial charge in [-0.2, -0.15) is 5.26 Å². The van der Waals surface area contributed by atoms with Gasteiger partial charge in [-0.1, -0.05) is 29.3 Å². The van der Waals surface area contributed by atoms with Crippen molar-refractivity contribution in [2.24, 2.45) is 5.73 Å². The molecule has 0 saturated carbocycles. The minimum absolute atomic E-state index is 0.0198. The highest BCUT2D eigenvalue weighted by molar-refractivity contribution is 6.35. The van der Waals surface area contributed by atoms with E-state index < -0.39 is 11.5 Å². The van der Waals surface area contributed by atoms with E-state index in [9.17, 15) is 10.1 Å². The van der Waals surface area contributed by atoms with Gasteiger partial charge in [-0.25, -0.2) is 4.79 Å². The van der Waals surface area contributed by atoms with E-state index in [0.717, 1.165) is 0 Å². The van der Waals surface area contributed by atoms with Gasteiger partial charge >= 0.3 is 5.63 Å². The molecule has 0 unspecified atom stereocenters. The van der Waals surface area contributed by atoms with Gasteiger partial charge < -0.3 is 14.9 Å². The van der Waals surface area contributed by atoms with Crippen LogP contribution in [0.15, 0.2) is 63.1 Å². The fraction of sp³-hybridized carbons (Fsp3) is 0.0526. The molecule has 2 heterocycles. The van der Waals surface area contributed by atoms with Gasteiger partial charge in [0.1, 0.15) is 23.0 Å². The Balaban J connectivity index is 2.11. The number of benzene rings is 2. The number of fused-ring (bicyclic) bond motifs is 3. The second-order valence-electron chi connectivity index (χ2n) is 5.74. The van der Waals surface area contributed by atoms with Gasteiger partial charge in [-0.05, 0) is 35.9 Å². The Morgan fingerprint density at radius 3 is 2.62 bits per heavy atom. The third kappa shape index (κ3) is 2.51. The number of rotatable bonds is 1. The first-order chi connectivity index (χ1) is 12.5. The van der Waals surface area contributed by atoms with Crippen molar-refractivity contribution >= 4 is 34.2 Å². The first kappa shape index (κ1) is 16.5. The maximum Gasteiger partial charge on any atom is 0.336 e. The van der Waals surface area contributed by atoms with E-state index in [1.165, 1.54) is 6.07 Å². The molecule has 4 rings (SSSR count). The van der Waals surface area contributed by atoms with Crippen molar-refractivity contribution in [1.82, 2.24) is 0 Å². The maximum absolute atomic E-state index is 11.8. The zero-order valence-electron chi connectivity index (χ0n) is 13.1. The Bertz CT molecular complexity index is 1190. The molecule has 1 aliphatic heterocycles. The molecule has 0 spiro atoms. The zero-order valence-corrected chi connectivity index (χ0v) is 14.6. The summed E-state index contributed by atoms with van der Waals surface area (Å²) in [6.45, 7) is 0. The Labute approximate surface area is 157 Å². The lowest BCUT2D eigenvalue weighted by atomic mass is 9.82. The van der Waals surface area contributed by atoms with Crippen LogP contribution in [0.1, 0.15) is 17.0 Å². The Morgan fingerprint density at radius 1 is 1.12 bits per heavy atom. The fourth-order valence-electron chi connectivity index (χ4n) is 3.12. The molecule has 0 fully saturated rings. The van der Waals surface area contributed by atoms with Crippen LogP contribution in [0.3, 0.4) is 0 Å². The largest absolute Gasteiger partial charge is 0.440 e. The molecule has 3 aromatic rings. The molecule has 26 heavy (non-hydrogen) atoms. The zero-order chi connectivity index (χ0) is 18.4. The predicted molar refractivity (Wildman–Crippen MR) is 98.2 cm³/mol. The molecule has 128 valence electrons. The van der Waals surface area contributed by atoms with Crippen LogP contribution in [-0.2, 0) is 0 Å². The molecule has 2 aromatic carbocycles. The van der Waals surface area contributed by atoms with E-state index >= 15 is 0 Å². The maximum atomic E-state index is 11.8. The summed E-state index contributed by atoms with van der Waals surface area (Å²) >= 11 is 12.4. The summed E-state index contributed by atoms with van der Waals surface area (Å²) in [5.41, 5.74) is 7.09. The molecule has 0 amide bonds. The topological polar surface area (TPSA) is 89.3 Å². The molecule has 1 atom stereocenters. The average molecular weight is 385 g/mol. The smallest absolute Gasteiger partial charge is 0.336 e. The highest BCUT2D eigenvalue weighted by atomic mass is 35.5. The molecule has 0 aliphatic carbocycles. The van der Waals surface area contributed by atoms with Crippen molar-refractivity contribution in [1.29, 1.82) is 5.26 Å². The number of halogens is 2. The SMILES string of the molecule is N#CC1=C(N)Oc2ccc3ccc(=O)oc3c2[C@H]1c1ccc(Cl)cc1Cl. The number of nitriles is 1. The van der Waals surface area contributed by atoms with E-state index in [0.29, 0.717) is 37.9 Å². The first-order valence-corrected chi connectivity index (χ1v) is 8.34. The van der Waals surface area contributed by atoms with Crippen LogP contribution in [0.2, 0.25) is 10.0 Å². The number of ether oxygens (including phenoxy) is 1. The molecule has 1 aromatic heterocycles. The van der Waals surface area contributed by atoms with Gasteiger partial charge in [0.15, 0.2) is 0 Å². The highest BCUT2D eigenvalue weighted by Gasteiger charge is 2.34. The minimum atomic E-state index is -0.650. The lowest BCUT2D eigenvalue weighted by Crippen LogP contribution is -2.21. The molecular formula is C19H10Cl2N2O3. The number of allylic oxidation sites excluding steroid dienone is 1. The van der Waals surface area contributed by atoms with Crippen LogP contribution in [0.5, 0.6) is 5.75 Å². The van der Waals surface area contributed by atoms with Crippen LogP contribution in [0.25, 0.3) is 11.0 Å². The molecule has 0 saturated heterocycles. The molecule has 1 aliphatic rings. The van der Waals surface area contributed by atoms with E-state index in [1.807, 2.05) is 0 Å². The molecule has 5 nitrogen and oxygen atoms in total. The van der Waals surface area contributed by atoms with Crippen molar-refractivity contribution in [2.45, 2.75) is 5.92 Å². The van der Waals surface area contributed by atoms with Crippen LogP contribution in [0, 0.1) is 11.3 Å². The van der Waals surface area contributed by atoms with Crippen molar-refractivity contribution < 1.29 is 9.15 Å². The lowest BCUT2D eigenvalue weighted by molar-refractivity contribution is 0.392. The Hall–Kier alpha value is -2.94. The number of nitrogens with zero attached hydrogens (tertiary/aromatic N) is 1. The minimum Gasteiger partial charge on any atom is -0.440 e. The predicted octanol–water partition coefficient (Wildman–Crippen LogP) is 4.32. The van der Waals surface area contributed by atoms with Crippen LogP contribution in [0.4, 0.5) is 0 Å². The molecule has 7 heteroatoms. The van der Waals surface area contributed by atoms with Crippen LogP contribution in [-0.4, -0.2) is 0 Å². The molecular weight excluding hydrogens is 375 g/mol. The summed E-state index contributed by atoms with van der Waals surface area (Å²) in [6, 6.07) is 13.5. The van der Waals surface area contributed by atoms with E-state index in [4.69, 9.17) is 38.1 Å². The number of hydrogen-bond donors (Lipinski definition) is 1. The normalized spacial score (nSPS) is 16.1. The molecule has 0 bridgehead atoms. The van der Waals surface area contributed by atoms with Gasteiger partial charge in [0.2, 0.25) is 5.88 Å². The Morgan fingerprint density at radius 2 is 1.88 bits per heavy atom.